The first-order chi connectivity index (χ1) is 8.97. The summed E-state index contributed by atoms with van der Waals surface area (Å²) >= 11 is 0. The van der Waals surface area contributed by atoms with Crippen molar-refractivity contribution < 1.29 is 9.90 Å². The molecule has 0 aromatic rings. The summed E-state index contributed by atoms with van der Waals surface area (Å²) in [5, 5.41) is 14.7. The molecule has 1 unspecified atom stereocenters. The highest BCUT2D eigenvalue weighted by Crippen LogP contribution is 2.45. The van der Waals surface area contributed by atoms with Crippen LogP contribution in [0.2, 0.25) is 0 Å². The summed E-state index contributed by atoms with van der Waals surface area (Å²) in [4.78, 5) is 11.7. The van der Waals surface area contributed by atoms with E-state index in [1.54, 1.807) is 0 Å². The Morgan fingerprint density at radius 1 is 1.26 bits per heavy atom. The highest BCUT2D eigenvalue weighted by molar-refractivity contribution is 5.73. The van der Waals surface area contributed by atoms with Gasteiger partial charge in [-0.2, -0.15) is 0 Å². The van der Waals surface area contributed by atoms with E-state index in [1.165, 1.54) is 25.7 Å². The Hall–Kier alpha value is -0.770. The molecule has 4 nitrogen and oxygen atoms in total. The number of hydrogen-bond acceptors (Lipinski definition) is 2. The van der Waals surface area contributed by atoms with Crippen LogP contribution in [-0.2, 0) is 0 Å². The first-order valence-corrected chi connectivity index (χ1v) is 7.60. The molecule has 2 amide bonds. The quantitative estimate of drug-likeness (QED) is 0.634. The minimum absolute atomic E-state index is 0.0696. The molecular formula is C15H30N2O2. The molecule has 4 heteroatoms. The molecule has 1 rings (SSSR count). The maximum absolute atomic E-state index is 11.7. The largest absolute Gasteiger partial charge is 0.396 e. The van der Waals surface area contributed by atoms with E-state index < -0.39 is 0 Å². The molecule has 0 aromatic heterocycles. The molecule has 0 spiro atoms. The number of carbonyl (C=O) groups excluding carboxylic acids is 1. The Morgan fingerprint density at radius 2 is 1.95 bits per heavy atom. The van der Waals surface area contributed by atoms with Gasteiger partial charge in [-0.15, -0.1) is 0 Å². The van der Waals surface area contributed by atoms with Crippen molar-refractivity contribution in [2.75, 3.05) is 19.7 Å². The summed E-state index contributed by atoms with van der Waals surface area (Å²) in [7, 11) is 0. The molecule has 1 saturated carbocycles. The van der Waals surface area contributed by atoms with Crippen LogP contribution in [0.15, 0.2) is 0 Å². The maximum Gasteiger partial charge on any atom is 0.314 e. The number of aliphatic hydroxyl groups excluding tert-OH is 1. The van der Waals surface area contributed by atoms with E-state index in [0.29, 0.717) is 23.8 Å². The lowest BCUT2D eigenvalue weighted by Crippen LogP contribution is -2.46. The fourth-order valence-electron chi connectivity index (χ4n) is 2.92. The number of rotatable bonds is 8. The van der Waals surface area contributed by atoms with Gasteiger partial charge in [0, 0.05) is 19.7 Å². The van der Waals surface area contributed by atoms with Crippen LogP contribution in [0.25, 0.3) is 0 Å². The van der Waals surface area contributed by atoms with Crippen LogP contribution in [0.4, 0.5) is 4.79 Å². The first-order valence-electron chi connectivity index (χ1n) is 7.60. The van der Waals surface area contributed by atoms with Crippen molar-refractivity contribution in [2.24, 2.45) is 17.3 Å². The van der Waals surface area contributed by atoms with Gasteiger partial charge in [-0.1, -0.05) is 27.2 Å². The molecule has 1 atom stereocenters. The monoisotopic (exact) mass is 270 g/mol. The van der Waals surface area contributed by atoms with Crippen LogP contribution in [0.1, 0.15) is 52.9 Å². The zero-order valence-electron chi connectivity index (χ0n) is 12.7. The van der Waals surface area contributed by atoms with Gasteiger partial charge in [-0.3, -0.25) is 0 Å². The fourth-order valence-corrected chi connectivity index (χ4v) is 2.92. The van der Waals surface area contributed by atoms with E-state index in [1.807, 2.05) is 6.92 Å². The van der Waals surface area contributed by atoms with E-state index in [9.17, 15) is 4.79 Å². The van der Waals surface area contributed by atoms with Gasteiger partial charge >= 0.3 is 6.03 Å². The Morgan fingerprint density at radius 3 is 2.42 bits per heavy atom. The second-order valence-electron chi connectivity index (χ2n) is 6.63. The number of urea groups is 1. The van der Waals surface area contributed by atoms with Gasteiger partial charge in [0.15, 0.2) is 0 Å². The summed E-state index contributed by atoms with van der Waals surface area (Å²) < 4.78 is 0. The Bertz CT molecular complexity index is 275. The van der Waals surface area contributed by atoms with Crippen LogP contribution in [0.3, 0.4) is 0 Å². The smallest absolute Gasteiger partial charge is 0.314 e. The van der Waals surface area contributed by atoms with Crippen LogP contribution in [-0.4, -0.2) is 30.8 Å². The lowest BCUT2D eigenvalue weighted by atomic mass is 9.64. The van der Waals surface area contributed by atoms with Crippen molar-refractivity contribution >= 4 is 6.03 Å². The lowest BCUT2D eigenvalue weighted by Gasteiger charge is -2.43. The molecule has 1 aliphatic carbocycles. The molecule has 1 fully saturated rings. The number of carbonyl (C=O) groups is 1. The fraction of sp³-hybridized carbons (Fsp3) is 0.933. The Balaban J connectivity index is 2.21. The molecule has 0 radical (unpaired) electrons. The van der Waals surface area contributed by atoms with Gasteiger partial charge in [0.2, 0.25) is 0 Å². The van der Waals surface area contributed by atoms with Crippen molar-refractivity contribution in [3.63, 3.8) is 0 Å². The van der Waals surface area contributed by atoms with E-state index in [0.717, 1.165) is 13.0 Å². The molecule has 0 heterocycles. The van der Waals surface area contributed by atoms with Crippen LogP contribution >= 0.6 is 0 Å². The van der Waals surface area contributed by atoms with Gasteiger partial charge in [0.1, 0.15) is 0 Å². The molecular weight excluding hydrogens is 240 g/mol. The van der Waals surface area contributed by atoms with E-state index in [4.69, 9.17) is 5.11 Å². The standard InChI is InChI=1S/C15H30N2O2/c1-12(2)9-15(6-4-7-15)11-17-14(19)16-10-13(3)5-8-18/h12-13,18H,4-11H2,1-3H3,(H2,16,17,19). The zero-order chi connectivity index (χ0) is 14.3. The van der Waals surface area contributed by atoms with Crippen molar-refractivity contribution in [3.8, 4) is 0 Å². The molecule has 3 N–H and O–H groups in total. The summed E-state index contributed by atoms with van der Waals surface area (Å²) in [6.07, 6.45) is 5.72. The average Bonchev–Trinajstić information content (AvgIpc) is 2.29. The van der Waals surface area contributed by atoms with Crippen molar-refractivity contribution in [1.82, 2.24) is 10.6 Å². The summed E-state index contributed by atoms with van der Waals surface area (Å²) in [5.41, 5.74) is 0.349. The van der Waals surface area contributed by atoms with Gasteiger partial charge in [0.05, 0.1) is 0 Å². The number of nitrogens with one attached hydrogen (secondary N) is 2. The summed E-state index contributed by atoms with van der Waals surface area (Å²) in [6.45, 7) is 8.13. The van der Waals surface area contributed by atoms with Crippen molar-refractivity contribution in [2.45, 2.75) is 52.9 Å². The van der Waals surface area contributed by atoms with Crippen LogP contribution in [0.5, 0.6) is 0 Å². The Kier molecular flexibility index (Phi) is 6.63. The van der Waals surface area contributed by atoms with Gasteiger partial charge < -0.3 is 15.7 Å². The normalized spacial score (nSPS) is 18.8. The third-order valence-corrected chi connectivity index (χ3v) is 4.11. The number of aliphatic hydroxyl groups is 1. The molecule has 0 aromatic carbocycles. The minimum Gasteiger partial charge on any atom is -0.396 e. The minimum atomic E-state index is -0.0696. The van der Waals surface area contributed by atoms with Crippen molar-refractivity contribution in [1.29, 1.82) is 0 Å². The zero-order valence-corrected chi connectivity index (χ0v) is 12.7. The summed E-state index contributed by atoms with van der Waals surface area (Å²) in [5.74, 6) is 1.01. The highest BCUT2D eigenvalue weighted by Gasteiger charge is 2.37. The Labute approximate surface area is 117 Å². The molecule has 19 heavy (non-hydrogen) atoms. The third kappa shape index (κ3) is 5.81. The van der Waals surface area contributed by atoms with Crippen LogP contribution in [0, 0.1) is 17.3 Å². The van der Waals surface area contributed by atoms with Gasteiger partial charge in [0.25, 0.3) is 0 Å². The third-order valence-electron chi connectivity index (χ3n) is 4.11. The number of amides is 2. The maximum atomic E-state index is 11.7. The highest BCUT2D eigenvalue weighted by atomic mass is 16.3. The van der Waals surface area contributed by atoms with Crippen LogP contribution < -0.4 is 10.6 Å². The molecule has 112 valence electrons. The predicted molar refractivity (Wildman–Crippen MR) is 78.0 cm³/mol. The first kappa shape index (κ1) is 16.3. The lowest BCUT2D eigenvalue weighted by molar-refractivity contribution is 0.101. The second kappa shape index (κ2) is 7.73. The van der Waals surface area contributed by atoms with E-state index >= 15 is 0 Å². The molecule has 0 bridgehead atoms. The van der Waals surface area contributed by atoms with E-state index in [2.05, 4.69) is 24.5 Å². The number of hydrogen-bond donors (Lipinski definition) is 3. The topological polar surface area (TPSA) is 61.4 Å². The molecule has 0 saturated heterocycles. The van der Waals surface area contributed by atoms with Gasteiger partial charge in [-0.05, 0) is 42.9 Å². The van der Waals surface area contributed by atoms with Gasteiger partial charge in [-0.25, -0.2) is 4.79 Å². The predicted octanol–water partition coefficient (Wildman–Crippen LogP) is 2.52. The molecule has 1 aliphatic rings. The second-order valence-corrected chi connectivity index (χ2v) is 6.63. The average molecular weight is 270 g/mol. The molecule has 0 aliphatic heterocycles. The van der Waals surface area contributed by atoms with Crippen molar-refractivity contribution in [3.05, 3.63) is 0 Å². The SMILES string of the molecule is CC(C)CC1(CNC(=O)NCC(C)CCO)CCC1. The summed E-state index contributed by atoms with van der Waals surface area (Å²) in [6, 6.07) is -0.0696. The van der Waals surface area contributed by atoms with E-state index in [-0.39, 0.29) is 12.6 Å².